The summed E-state index contributed by atoms with van der Waals surface area (Å²) >= 11 is 2.02. The second-order valence-electron chi connectivity index (χ2n) is 2.66. The number of hydrogen-bond donors (Lipinski definition) is 0. The predicted octanol–water partition coefficient (Wildman–Crippen LogP) is 2.42. The smallest absolute Gasteiger partial charge is 0.00941 e. The third-order valence-electron chi connectivity index (χ3n) is 2.05. The third-order valence-corrected chi connectivity index (χ3v) is 3.17. The van der Waals surface area contributed by atoms with Crippen molar-refractivity contribution in [2.24, 2.45) is 5.92 Å². The van der Waals surface area contributed by atoms with Gasteiger partial charge < -0.3 is 0 Å². The second kappa shape index (κ2) is 1.80. The first-order valence-electron chi connectivity index (χ1n) is 3.27. The van der Waals surface area contributed by atoms with E-state index >= 15 is 0 Å². The van der Waals surface area contributed by atoms with E-state index in [0.29, 0.717) is 0 Å². The number of allylic oxidation sites excluding steroid dienone is 1. The van der Waals surface area contributed by atoms with E-state index in [-0.39, 0.29) is 0 Å². The lowest BCUT2D eigenvalue weighted by molar-refractivity contribution is 0.686. The largest absolute Gasteiger partial charge is 0.131 e. The number of rotatable bonds is 0. The van der Waals surface area contributed by atoms with Crippen molar-refractivity contribution in [3.05, 3.63) is 11.5 Å². The lowest BCUT2D eigenvalue weighted by Gasteiger charge is -2.09. The lowest BCUT2D eigenvalue weighted by Crippen LogP contribution is -1.97. The van der Waals surface area contributed by atoms with Crippen molar-refractivity contribution >= 4 is 11.8 Å². The van der Waals surface area contributed by atoms with E-state index in [9.17, 15) is 0 Å². The summed E-state index contributed by atoms with van der Waals surface area (Å²) in [6.07, 6.45) is 6.74. The molecule has 1 heterocycles. The van der Waals surface area contributed by atoms with Crippen molar-refractivity contribution < 1.29 is 0 Å². The lowest BCUT2D eigenvalue weighted by atomic mass is 10.1. The van der Waals surface area contributed by atoms with Crippen LogP contribution in [-0.4, -0.2) is 5.25 Å². The van der Waals surface area contributed by atoms with Crippen molar-refractivity contribution in [3.63, 3.8) is 0 Å². The molecule has 0 aromatic heterocycles. The van der Waals surface area contributed by atoms with Gasteiger partial charge >= 0.3 is 0 Å². The Morgan fingerprint density at radius 2 is 2.38 bits per heavy atom. The molecule has 2 rings (SSSR count). The minimum Gasteiger partial charge on any atom is -0.131 e. The summed E-state index contributed by atoms with van der Waals surface area (Å²) in [7, 11) is 0. The van der Waals surface area contributed by atoms with Gasteiger partial charge in [0.05, 0.1) is 0 Å². The average molecular weight is 126 g/mol. The highest BCUT2D eigenvalue weighted by Gasteiger charge is 2.25. The van der Waals surface area contributed by atoms with Gasteiger partial charge in [0.1, 0.15) is 0 Å². The van der Waals surface area contributed by atoms with E-state index in [1.807, 2.05) is 11.8 Å². The molecule has 0 radical (unpaired) electrons. The van der Waals surface area contributed by atoms with E-state index in [4.69, 9.17) is 0 Å². The first-order chi connectivity index (χ1) is 3.95. The molecule has 0 aromatic carbocycles. The molecule has 1 heteroatoms. The van der Waals surface area contributed by atoms with Crippen molar-refractivity contribution in [3.8, 4) is 0 Å². The van der Waals surface area contributed by atoms with Gasteiger partial charge in [-0.15, -0.1) is 11.8 Å². The molecular weight excluding hydrogens is 116 g/mol. The zero-order valence-electron chi connectivity index (χ0n) is 4.84. The minimum absolute atomic E-state index is 0.959. The Hall–Kier alpha value is 0.0900. The summed E-state index contributed by atoms with van der Waals surface area (Å²) in [6.45, 7) is 0. The predicted molar refractivity (Wildman–Crippen MR) is 37.9 cm³/mol. The van der Waals surface area contributed by atoms with Crippen LogP contribution < -0.4 is 0 Å². The van der Waals surface area contributed by atoms with Crippen LogP contribution in [-0.2, 0) is 0 Å². The number of fused-ring (bicyclic) bond motifs is 2. The maximum Gasteiger partial charge on any atom is 0.00941 e. The summed E-state index contributed by atoms with van der Waals surface area (Å²) in [5, 5.41) is 3.27. The van der Waals surface area contributed by atoms with E-state index in [1.165, 1.54) is 19.3 Å². The molecule has 0 nitrogen and oxygen atoms in total. The van der Waals surface area contributed by atoms with E-state index in [1.54, 1.807) is 0 Å². The van der Waals surface area contributed by atoms with Crippen LogP contribution in [0.3, 0.4) is 0 Å². The first-order valence-corrected chi connectivity index (χ1v) is 4.21. The van der Waals surface area contributed by atoms with Crippen LogP contribution in [0.2, 0.25) is 0 Å². The summed E-state index contributed by atoms with van der Waals surface area (Å²) in [4.78, 5) is 0. The number of thioether (sulfide) groups is 1. The molecule has 2 atom stereocenters. The Balaban J connectivity index is 2.17. The Kier molecular flexibility index (Phi) is 1.11. The number of hydrogen-bond acceptors (Lipinski definition) is 1. The van der Waals surface area contributed by atoms with Crippen molar-refractivity contribution in [2.45, 2.75) is 24.5 Å². The molecule has 2 aliphatic rings. The van der Waals surface area contributed by atoms with Crippen LogP contribution in [0.25, 0.3) is 0 Å². The molecule has 1 aliphatic carbocycles. The maximum atomic E-state index is 2.37. The summed E-state index contributed by atoms with van der Waals surface area (Å²) in [5.74, 6) is 0.959. The summed E-state index contributed by atoms with van der Waals surface area (Å²) in [5.41, 5.74) is 0. The molecule has 0 saturated heterocycles. The highest BCUT2D eigenvalue weighted by atomic mass is 32.2. The van der Waals surface area contributed by atoms with Crippen molar-refractivity contribution in [1.29, 1.82) is 0 Å². The van der Waals surface area contributed by atoms with Gasteiger partial charge in [0.25, 0.3) is 0 Å². The van der Waals surface area contributed by atoms with E-state index < -0.39 is 0 Å². The minimum atomic E-state index is 0.959. The van der Waals surface area contributed by atoms with Gasteiger partial charge in [0.2, 0.25) is 0 Å². The van der Waals surface area contributed by atoms with Crippen LogP contribution in [0, 0.1) is 5.92 Å². The molecule has 1 saturated carbocycles. The molecule has 1 aliphatic heterocycles. The fraction of sp³-hybridized carbons (Fsp3) is 0.714. The van der Waals surface area contributed by atoms with Gasteiger partial charge in [0.15, 0.2) is 0 Å². The van der Waals surface area contributed by atoms with E-state index in [2.05, 4.69) is 11.5 Å². The Morgan fingerprint density at radius 1 is 1.38 bits per heavy atom. The fourth-order valence-corrected chi connectivity index (χ4v) is 2.70. The van der Waals surface area contributed by atoms with Crippen molar-refractivity contribution in [1.82, 2.24) is 0 Å². The maximum absolute atomic E-state index is 2.37. The Labute approximate surface area is 54.4 Å². The topological polar surface area (TPSA) is 0 Å². The van der Waals surface area contributed by atoms with Gasteiger partial charge in [-0.2, -0.15) is 0 Å². The molecule has 2 unspecified atom stereocenters. The average Bonchev–Trinajstić information content (AvgIpc) is 2.12. The van der Waals surface area contributed by atoms with Gasteiger partial charge in [-0.1, -0.05) is 6.08 Å². The highest BCUT2D eigenvalue weighted by Crippen LogP contribution is 2.39. The van der Waals surface area contributed by atoms with Crippen LogP contribution in [0.4, 0.5) is 0 Å². The molecule has 0 N–H and O–H groups in total. The fourth-order valence-electron chi connectivity index (χ4n) is 1.54. The highest BCUT2D eigenvalue weighted by molar-refractivity contribution is 8.02. The molecular formula is C7H10S. The van der Waals surface area contributed by atoms with Crippen LogP contribution in [0.5, 0.6) is 0 Å². The Morgan fingerprint density at radius 3 is 3.12 bits per heavy atom. The normalized spacial score (nSPS) is 43.0. The van der Waals surface area contributed by atoms with Gasteiger partial charge in [-0.3, -0.25) is 0 Å². The van der Waals surface area contributed by atoms with Gasteiger partial charge in [0, 0.05) is 5.25 Å². The zero-order chi connectivity index (χ0) is 5.40. The van der Waals surface area contributed by atoms with E-state index in [0.717, 1.165) is 11.2 Å². The molecule has 44 valence electrons. The van der Waals surface area contributed by atoms with Crippen LogP contribution >= 0.6 is 11.8 Å². The summed E-state index contributed by atoms with van der Waals surface area (Å²) in [6, 6.07) is 0. The molecule has 1 fully saturated rings. The molecule has 0 aromatic rings. The van der Waals surface area contributed by atoms with Gasteiger partial charge in [-0.05, 0) is 30.6 Å². The Bertz CT molecular complexity index is 118. The SMILES string of the molecule is C1=CC2CCC(C2)S1. The van der Waals surface area contributed by atoms with Crippen LogP contribution in [0.1, 0.15) is 19.3 Å². The molecule has 2 bridgehead atoms. The van der Waals surface area contributed by atoms with Crippen molar-refractivity contribution in [2.75, 3.05) is 0 Å². The van der Waals surface area contributed by atoms with Crippen LogP contribution in [0.15, 0.2) is 11.5 Å². The van der Waals surface area contributed by atoms with Gasteiger partial charge in [-0.25, -0.2) is 0 Å². The zero-order valence-corrected chi connectivity index (χ0v) is 5.66. The standard InChI is InChI=1S/C7H10S/c1-2-7-5-6(1)3-4-8-7/h3-4,6-7H,1-2,5H2. The quantitative estimate of drug-likeness (QED) is 0.480. The summed E-state index contributed by atoms with van der Waals surface area (Å²) < 4.78 is 0. The monoisotopic (exact) mass is 126 g/mol. The molecule has 8 heavy (non-hydrogen) atoms. The third kappa shape index (κ3) is 0.693. The molecule has 0 spiro atoms. The second-order valence-corrected chi connectivity index (χ2v) is 3.87. The first kappa shape index (κ1) is 4.92. The molecule has 0 amide bonds.